The molecule has 0 heterocycles. The first-order valence-corrected chi connectivity index (χ1v) is 12.1. The van der Waals surface area contributed by atoms with E-state index in [9.17, 15) is 14.4 Å². The van der Waals surface area contributed by atoms with E-state index >= 15 is 0 Å². The van der Waals surface area contributed by atoms with Crippen molar-refractivity contribution in [3.8, 4) is 0 Å². The summed E-state index contributed by atoms with van der Waals surface area (Å²) in [7, 11) is 0. The molecule has 0 fully saturated rings. The average Bonchev–Trinajstić information content (AvgIpc) is 2.75. The zero-order valence-electron chi connectivity index (χ0n) is 22.2. The van der Waals surface area contributed by atoms with Gasteiger partial charge in [0.25, 0.3) is 5.91 Å². The van der Waals surface area contributed by atoms with Gasteiger partial charge in [0.15, 0.2) is 0 Å². The molecule has 0 aliphatic heterocycles. The third kappa shape index (κ3) is 7.57. The van der Waals surface area contributed by atoms with E-state index in [4.69, 9.17) is 4.74 Å². The first-order valence-electron chi connectivity index (χ1n) is 12.1. The Morgan fingerprint density at radius 3 is 2.06 bits per heavy atom. The van der Waals surface area contributed by atoms with Crippen LogP contribution >= 0.6 is 0 Å². The quantitative estimate of drug-likeness (QED) is 0.525. The molecule has 0 aliphatic rings. The summed E-state index contributed by atoms with van der Waals surface area (Å²) in [6.07, 6.45) is -0.0357. The van der Waals surface area contributed by atoms with Gasteiger partial charge in [0.05, 0.1) is 0 Å². The Labute approximate surface area is 209 Å². The van der Waals surface area contributed by atoms with Gasteiger partial charge in [0, 0.05) is 12.2 Å². The molecule has 2 aromatic rings. The van der Waals surface area contributed by atoms with Gasteiger partial charge in [-0.2, -0.15) is 0 Å². The number of amides is 3. The van der Waals surface area contributed by atoms with E-state index in [-0.39, 0.29) is 11.8 Å². The Morgan fingerprint density at radius 2 is 1.51 bits per heavy atom. The molecule has 7 heteroatoms. The van der Waals surface area contributed by atoms with Gasteiger partial charge >= 0.3 is 6.09 Å². The number of carbonyl (C=O) groups excluding carboxylic acids is 3. The zero-order chi connectivity index (χ0) is 26.3. The summed E-state index contributed by atoms with van der Waals surface area (Å²) in [6, 6.07) is 11.6. The van der Waals surface area contributed by atoms with Crippen molar-refractivity contribution < 1.29 is 19.1 Å². The maximum Gasteiger partial charge on any atom is 0.408 e. The van der Waals surface area contributed by atoms with Crippen LogP contribution in [0.2, 0.25) is 0 Å². The monoisotopic (exact) mass is 481 g/mol. The topological polar surface area (TPSA) is 87.7 Å². The van der Waals surface area contributed by atoms with Crippen LogP contribution in [0.15, 0.2) is 42.5 Å². The van der Waals surface area contributed by atoms with Crippen LogP contribution < -0.4 is 10.6 Å². The molecule has 2 atom stereocenters. The van der Waals surface area contributed by atoms with E-state index < -0.39 is 23.8 Å². The molecule has 0 spiro atoms. The van der Waals surface area contributed by atoms with Gasteiger partial charge in [-0.15, -0.1) is 0 Å². The number of para-hydroxylation sites is 1. The number of rotatable bonds is 8. The minimum absolute atomic E-state index is 0.303. The number of nitrogens with zero attached hydrogens (tertiary/aromatic N) is 1. The molecule has 0 bridgehead atoms. The molecule has 0 aromatic heterocycles. The van der Waals surface area contributed by atoms with Crippen molar-refractivity contribution in [3.05, 3.63) is 64.7 Å². The maximum atomic E-state index is 13.8. The lowest BCUT2D eigenvalue weighted by molar-refractivity contribution is -0.140. The molecule has 2 rings (SSSR count). The van der Waals surface area contributed by atoms with Crippen LogP contribution in [0.5, 0.6) is 0 Å². The Morgan fingerprint density at radius 1 is 0.943 bits per heavy atom. The lowest BCUT2D eigenvalue weighted by atomic mass is 9.97. The fraction of sp³-hybridized carbons (Fsp3) is 0.464. The minimum Gasteiger partial charge on any atom is -0.444 e. The molecule has 0 aliphatic carbocycles. The van der Waals surface area contributed by atoms with Crippen molar-refractivity contribution in [1.82, 2.24) is 10.2 Å². The Balaban J connectivity index is 2.45. The summed E-state index contributed by atoms with van der Waals surface area (Å²) in [4.78, 5) is 41.3. The molecule has 0 saturated heterocycles. The Kier molecular flexibility index (Phi) is 9.46. The van der Waals surface area contributed by atoms with Gasteiger partial charge in [0.1, 0.15) is 17.7 Å². The zero-order valence-corrected chi connectivity index (χ0v) is 22.2. The summed E-state index contributed by atoms with van der Waals surface area (Å²) in [5.41, 5.74) is 3.56. The van der Waals surface area contributed by atoms with Crippen molar-refractivity contribution in [3.63, 3.8) is 0 Å². The summed E-state index contributed by atoms with van der Waals surface area (Å²) < 4.78 is 5.32. The number of aryl methyl sites for hydroxylation is 3. The first-order chi connectivity index (χ1) is 16.4. The molecular weight excluding hydrogens is 442 g/mol. The standard InChI is InChI=1S/C28H39N3O4/c1-9-17-31(26(33)21(5)29-27(34)35-28(6,7)8)24(22-16-11-10-13-18(22)2)25(32)30-23-19(3)14-12-15-20(23)4/h10-16,21,24H,9,17H2,1-8H3,(H,29,34)(H,30,32). The largest absolute Gasteiger partial charge is 0.444 e. The highest BCUT2D eigenvalue weighted by molar-refractivity contribution is 6.00. The van der Waals surface area contributed by atoms with Crippen LogP contribution in [-0.4, -0.2) is 41.0 Å². The molecule has 0 saturated carbocycles. The van der Waals surface area contributed by atoms with E-state index in [1.54, 1.807) is 32.6 Å². The van der Waals surface area contributed by atoms with E-state index in [1.165, 1.54) is 0 Å². The number of alkyl carbamates (subject to hydrolysis) is 1. The Bertz CT molecular complexity index is 1040. The highest BCUT2D eigenvalue weighted by atomic mass is 16.6. The second kappa shape index (κ2) is 11.9. The van der Waals surface area contributed by atoms with Crippen LogP contribution in [0.25, 0.3) is 0 Å². The summed E-state index contributed by atoms with van der Waals surface area (Å²) in [5.74, 6) is -0.661. The predicted octanol–water partition coefficient (Wildman–Crippen LogP) is 5.44. The highest BCUT2D eigenvalue weighted by Crippen LogP contribution is 2.29. The van der Waals surface area contributed by atoms with Crippen LogP contribution in [0.3, 0.4) is 0 Å². The van der Waals surface area contributed by atoms with Crippen LogP contribution in [0, 0.1) is 20.8 Å². The van der Waals surface area contributed by atoms with Gasteiger partial charge in [-0.1, -0.05) is 49.4 Å². The van der Waals surface area contributed by atoms with Crippen molar-refractivity contribution in [1.29, 1.82) is 0 Å². The molecule has 3 amide bonds. The van der Waals surface area contributed by atoms with Crippen LogP contribution in [0.4, 0.5) is 10.5 Å². The summed E-state index contributed by atoms with van der Waals surface area (Å²) >= 11 is 0. The van der Waals surface area contributed by atoms with Crippen molar-refractivity contribution in [2.24, 2.45) is 0 Å². The molecule has 2 N–H and O–H groups in total. The number of ether oxygens (including phenoxy) is 1. The van der Waals surface area contributed by atoms with E-state index in [0.717, 1.165) is 27.9 Å². The third-order valence-electron chi connectivity index (χ3n) is 5.62. The second-order valence-corrected chi connectivity index (χ2v) is 9.91. The molecular formula is C28H39N3O4. The number of hydrogen-bond acceptors (Lipinski definition) is 4. The predicted molar refractivity (Wildman–Crippen MR) is 139 cm³/mol. The average molecular weight is 482 g/mol. The fourth-order valence-electron chi connectivity index (χ4n) is 3.95. The van der Waals surface area contributed by atoms with Gasteiger partial charge in [-0.25, -0.2) is 4.79 Å². The number of hydrogen-bond donors (Lipinski definition) is 2. The number of carbonyl (C=O) groups is 3. The maximum absolute atomic E-state index is 13.8. The second-order valence-electron chi connectivity index (χ2n) is 9.91. The fourth-order valence-corrected chi connectivity index (χ4v) is 3.95. The highest BCUT2D eigenvalue weighted by Gasteiger charge is 2.35. The normalized spacial score (nSPS) is 12.9. The van der Waals surface area contributed by atoms with Crippen molar-refractivity contribution in [2.75, 3.05) is 11.9 Å². The lowest BCUT2D eigenvalue weighted by Gasteiger charge is -2.34. The first kappa shape index (κ1) is 27.9. The van der Waals surface area contributed by atoms with Crippen molar-refractivity contribution >= 4 is 23.6 Å². The van der Waals surface area contributed by atoms with Gasteiger partial charge in [-0.05, 0) is 77.1 Å². The number of anilines is 1. The van der Waals surface area contributed by atoms with E-state index in [2.05, 4.69) is 10.6 Å². The van der Waals surface area contributed by atoms with E-state index in [1.807, 2.05) is 70.2 Å². The van der Waals surface area contributed by atoms with E-state index in [0.29, 0.717) is 13.0 Å². The van der Waals surface area contributed by atoms with Gasteiger partial charge in [0.2, 0.25) is 5.91 Å². The molecule has 0 radical (unpaired) electrons. The minimum atomic E-state index is -0.879. The number of benzene rings is 2. The molecule has 2 aromatic carbocycles. The molecule has 35 heavy (non-hydrogen) atoms. The molecule has 2 unspecified atom stereocenters. The molecule has 190 valence electrons. The summed E-state index contributed by atoms with van der Waals surface area (Å²) in [6.45, 7) is 15.0. The Hall–Kier alpha value is -3.35. The van der Waals surface area contributed by atoms with Gasteiger partial charge < -0.3 is 20.3 Å². The smallest absolute Gasteiger partial charge is 0.408 e. The number of nitrogens with one attached hydrogen (secondary N) is 2. The SMILES string of the molecule is CCCN(C(=O)C(C)NC(=O)OC(C)(C)C)C(C(=O)Nc1c(C)cccc1C)c1ccccc1C. The van der Waals surface area contributed by atoms with Crippen LogP contribution in [-0.2, 0) is 14.3 Å². The molecule has 7 nitrogen and oxygen atoms in total. The van der Waals surface area contributed by atoms with Crippen LogP contribution in [0.1, 0.15) is 69.3 Å². The third-order valence-corrected chi connectivity index (χ3v) is 5.62. The van der Waals surface area contributed by atoms with Gasteiger partial charge in [-0.3, -0.25) is 9.59 Å². The lowest BCUT2D eigenvalue weighted by Crippen LogP contribution is -2.51. The summed E-state index contributed by atoms with van der Waals surface area (Å²) in [5, 5.41) is 5.68. The van der Waals surface area contributed by atoms with Crippen molar-refractivity contribution in [2.45, 2.75) is 79.5 Å².